The molecular weight excluding hydrogens is 515 g/mol. The predicted octanol–water partition coefficient (Wildman–Crippen LogP) is 6.16. The second-order valence-electron chi connectivity index (χ2n) is 9.73. The molecule has 0 aliphatic heterocycles. The van der Waals surface area contributed by atoms with Gasteiger partial charge in [-0.15, -0.1) is 0 Å². The Morgan fingerprint density at radius 2 is 1.62 bits per heavy atom. The number of halogens is 1. The summed E-state index contributed by atoms with van der Waals surface area (Å²) in [4.78, 5) is 30.5. The molecule has 0 unspecified atom stereocenters. The van der Waals surface area contributed by atoms with Gasteiger partial charge in [-0.25, -0.2) is 28.8 Å². The van der Waals surface area contributed by atoms with E-state index in [2.05, 4.69) is 15.7 Å². The van der Waals surface area contributed by atoms with Crippen molar-refractivity contribution in [3.05, 3.63) is 84.4 Å². The summed E-state index contributed by atoms with van der Waals surface area (Å²) in [6, 6.07) is 20.1. The third-order valence-corrected chi connectivity index (χ3v) is 6.04. The van der Waals surface area contributed by atoms with E-state index in [0.29, 0.717) is 5.69 Å². The zero-order valence-electron chi connectivity index (χ0n) is 21.8. The van der Waals surface area contributed by atoms with Gasteiger partial charge in [0.15, 0.2) is 0 Å². The molecular formula is C29H25FN6O4. The van der Waals surface area contributed by atoms with E-state index in [1.165, 1.54) is 12.1 Å². The van der Waals surface area contributed by atoms with Crippen LogP contribution in [0.5, 0.6) is 0 Å². The van der Waals surface area contributed by atoms with E-state index in [4.69, 9.17) is 15.2 Å². The summed E-state index contributed by atoms with van der Waals surface area (Å²) in [5.41, 5.74) is 7.22. The smallest absolute Gasteiger partial charge is 0.414 e. The van der Waals surface area contributed by atoms with Crippen molar-refractivity contribution >= 4 is 39.9 Å². The number of para-hydroxylation sites is 1. The van der Waals surface area contributed by atoms with Gasteiger partial charge in [0.05, 0.1) is 16.6 Å². The molecule has 40 heavy (non-hydrogen) atoms. The minimum Gasteiger partial charge on any atom is -0.465 e. The summed E-state index contributed by atoms with van der Waals surface area (Å²) in [5.74, 6) is -0.482. The van der Waals surface area contributed by atoms with Crippen LogP contribution in [0.1, 0.15) is 26.3 Å². The topological polar surface area (TPSA) is 158 Å². The molecule has 2 heterocycles. The molecule has 0 saturated heterocycles. The van der Waals surface area contributed by atoms with Crippen molar-refractivity contribution in [1.29, 1.82) is 5.26 Å². The van der Waals surface area contributed by atoms with Crippen molar-refractivity contribution in [2.24, 2.45) is 5.73 Å². The van der Waals surface area contributed by atoms with Gasteiger partial charge < -0.3 is 20.5 Å². The van der Waals surface area contributed by atoms with Crippen molar-refractivity contribution in [2.75, 3.05) is 4.90 Å². The van der Waals surface area contributed by atoms with Crippen molar-refractivity contribution < 1.29 is 24.2 Å². The van der Waals surface area contributed by atoms with E-state index >= 15 is 0 Å². The highest BCUT2D eigenvalue weighted by atomic mass is 19.1. The SMILES string of the molecule is CC(C)(C)N(C(=O)O)c1ncc(-c2cccc3c2c2ccccc2n3-c2ccc(C#N)c(F)c2)cn1.NC(=O)O. The Labute approximate surface area is 228 Å². The van der Waals surface area contributed by atoms with Gasteiger partial charge in [0.1, 0.15) is 11.9 Å². The minimum atomic E-state index is -1.33. The summed E-state index contributed by atoms with van der Waals surface area (Å²) >= 11 is 0. The van der Waals surface area contributed by atoms with E-state index in [1.54, 1.807) is 39.2 Å². The monoisotopic (exact) mass is 540 g/mol. The van der Waals surface area contributed by atoms with Gasteiger partial charge >= 0.3 is 12.2 Å². The van der Waals surface area contributed by atoms with Crippen LogP contribution in [0.4, 0.5) is 19.9 Å². The lowest BCUT2D eigenvalue weighted by Gasteiger charge is -2.30. The number of nitrogens with two attached hydrogens (primary N) is 1. The first kappa shape index (κ1) is 27.5. The highest BCUT2D eigenvalue weighted by Crippen LogP contribution is 2.38. The lowest BCUT2D eigenvalue weighted by Crippen LogP contribution is -2.46. The average Bonchev–Trinajstić information content (AvgIpc) is 3.22. The maximum Gasteiger partial charge on any atom is 0.414 e. The maximum atomic E-state index is 14.5. The summed E-state index contributed by atoms with van der Waals surface area (Å²) in [6.07, 6.45) is 0.772. The lowest BCUT2D eigenvalue weighted by atomic mass is 10.0. The van der Waals surface area contributed by atoms with E-state index < -0.39 is 23.5 Å². The molecule has 11 heteroatoms. The number of primary amides is 1. The highest BCUT2D eigenvalue weighted by Gasteiger charge is 2.30. The number of amides is 2. The number of nitriles is 1. The first-order valence-corrected chi connectivity index (χ1v) is 12.0. The Kier molecular flexibility index (Phi) is 7.37. The fraction of sp³-hybridized carbons (Fsp3) is 0.138. The molecule has 3 aromatic carbocycles. The molecule has 0 bridgehead atoms. The molecule has 5 aromatic rings. The van der Waals surface area contributed by atoms with Crippen molar-refractivity contribution in [3.8, 4) is 22.9 Å². The summed E-state index contributed by atoms with van der Waals surface area (Å²) in [7, 11) is 0. The fourth-order valence-corrected chi connectivity index (χ4v) is 4.52. The number of hydrogen-bond acceptors (Lipinski definition) is 5. The molecule has 0 atom stereocenters. The number of fused-ring (bicyclic) bond motifs is 3. The van der Waals surface area contributed by atoms with Gasteiger partial charge in [-0.05, 0) is 56.7 Å². The van der Waals surface area contributed by atoms with Crippen LogP contribution in [-0.2, 0) is 0 Å². The number of hydrogen-bond donors (Lipinski definition) is 3. The van der Waals surface area contributed by atoms with Gasteiger partial charge in [0, 0.05) is 40.0 Å². The number of anilines is 1. The Morgan fingerprint density at radius 3 is 2.20 bits per heavy atom. The fourth-order valence-electron chi connectivity index (χ4n) is 4.52. The molecule has 4 N–H and O–H groups in total. The molecule has 0 spiro atoms. The van der Waals surface area contributed by atoms with Gasteiger partial charge in [-0.1, -0.05) is 30.3 Å². The number of benzene rings is 3. The average molecular weight is 541 g/mol. The number of aromatic nitrogens is 3. The number of carboxylic acid groups (broad SMARTS) is 2. The molecule has 0 fully saturated rings. The molecule has 202 valence electrons. The Bertz CT molecular complexity index is 1780. The molecule has 0 saturated carbocycles. The van der Waals surface area contributed by atoms with Crippen LogP contribution >= 0.6 is 0 Å². The minimum absolute atomic E-state index is 0.0110. The number of nitrogens with zero attached hydrogens (tertiary/aromatic N) is 5. The Morgan fingerprint density at radius 1 is 1.00 bits per heavy atom. The lowest BCUT2D eigenvalue weighted by molar-refractivity contribution is 0.195. The number of rotatable bonds is 3. The van der Waals surface area contributed by atoms with Crippen LogP contribution in [-0.4, -0.2) is 42.5 Å². The first-order chi connectivity index (χ1) is 18.9. The summed E-state index contributed by atoms with van der Waals surface area (Å²) in [6.45, 7) is 5.33. The Balaban J connectivity index is 0.000000867. The quantitative estimate of drug-likeness (QED) is 0.247. The molecule has 10 nitrogen and oxygen atoms in total. The van der Waals surface area contributed by atoms with Crippen molar-refractivity contribution in [1.82, 2.24) is 14.5 Å². The third kappa shape index (κ3) is 5.23. The molecule has 0 radical (unpaired) electrons. The normalized spacial score (nSPS) is 11.0. The van der Waals surface area contributed by atoms with Gasteiger partial charge in [-0.2, -0.15) is 5.26 Å². The van der Waals surface area contributed by atoms with Gasteiger partial charge in [0.25, 0.3) is 0 Å². The highest BCUT2D eigenvalue weighted by molar-refractivity contribution is 6.15. The van der Waals surface area contributed by atoms with Crippen LogP contribution in [0, 0.1) is 17.1 Å². The maximum absolute atomic E-state index is 14.5. The summed E-state index contributed by atoms with van der Waals surface area (Å²) in [5, 5.41) is 27.9. The third-order valence-electron chi connectivity index (χ3n) is 6.04. The van der Waals surface area contributed by atoms with E-state index in [-0.39, 0.29) is 11.5 Å². The van der Waals surface area contributed by atoms with E-state index in [0.717, 1.165) is 37.8 Å². The van der Waals surface area contributed by atoms with Crippen LogP contribution < -0.4 is 10.6 Å². The molecule has 2 amide bonds. The second-order valence-corrected chi connectivity index (χ2v) is 9.73. The van der Waals surface area contributed by atoms with Crippen LogP contribution in [0.15, 0.2) is 73.1 Å². The Hall–Kier alpha value is -5.50. The van der Waals surface area contributed by atoms with Crippen molar-refractivity contribution in [3.63, 3.8) is 0 Å². The molecule has 0 aliphatic rings. The predicted molar refractivity (Wildman–Crippen MR) is 149 cm³/mol. The first-order valence-electron chi connectivity index (χ1n) is 12.0. The van der Waals surface area contributed by atoms with E-state index in [9.17, 15) is 14.3 Å². The van der Waals surface area contributed by atoms with Gasteiger partial charge in [-0.3, -0.25) is 0 Å². The zero-order chi connectivity index (χ0) is 29.2. The van der Waals surface area contributed by atoms with Crippen LogP contribution in [0.3, 0.4) is 0 Å². The van der Waals surface area contributed by atoms with Crippen LogP contribution in [0.25, 0.3) is 38.6 Å². The summed E-state index contributed by atoms with van der Waals surface area (Å²) < 4.78 is 16.5. The van der Waals surface area contributed by atoms with Crippen LogP contribution in [0.2, 0.25) is 0 Å². The van der Waals surface area contributed by atoms with E-state index in [1.807, 2.05) is 53.1 Å². The largest absolute Gasteiger partial charge is 0.465 e. The standard InChI is InChI=1S/C28H22FN5O2.CH3NO2/c1-28(2,3)34(27(35)36)26-31-15-18(16-32-26)20-8-6-10-24-25(20)21-7-4-5-9-23(21)33(24)19-12-11-17(14-30)22(29)13-19;2-1(3)4/h4-13,15-16H,1-3H3,(H,35,36);2H2,(H,3,4). The van der Waals surface area contributed by atoms with Crippen molar-refractivity contribution in [2.45, 2.75) is 26.3 Å². The molecule has 5 rings (SSSR count). The molecule has 0 aliphatic carbocycles. The second kappa shape index (κ2) is 10.7. The van der Waals surface area contributed by atoms with Gasteiger partial charge in [0.2, 0.25) is 5.95 Å². The number of carbonyl (C=O) groups is 2. The molecule has 2 aromatic heterocycles. The zero-order valence-corrected chi connectivity index (χ0v) is 21.8.